The molecule has 0 saturated heterocycles. The lowest BCUT2D eigenvalue weighted by molar-refractivity contribution is 0.330. The number of nitrogens with one attached hydrogen (secondary N) is 1. The summed E-state index contributed by atoms with van der Waals surface area (Å²) >= 11 is 1.27. The molecule has 2 unspecified atom stereocenters. The molecule has 1 aliphatic carbocycles. The number of nitrogens with zero attached hydrogens (tertiary/aromatic N) is 1. The monoisotopic (exact) mass is 342 g/mol. The second-order valence-electron chi connectivity index (χ2n) is 5.40. The van der Waals surface area contributed by atoms with E-state index in [-0.39, 0.29) is 11.3 Å². The Bertz CT molecular complexity index is 450. The average molecular weight is 342 g/mol. The van der Waals surface area contributed by atoms with Gasteiger partial charge >= 0.3 is 0 Å². The summed E-state index contributed by atoms with van der Waals surface area (Å²) in [5, 5.41) is 2.97. The normalized spacial score (nSPS) is 22.6. The van der Waals surface area contributed by atoms with Gasteiger partial charge in [-0.1, -0.05) is 44.5 Å². The molecule has 0 amide bonds. The number of hydrogen-bond donors (Lipinski definition) is 1. The van der Waals surface area contributed by atoms with E-state index in [4.69, 9.17) is 0 Å². The summed E-state index contributed by atoms with van der Waals surface area (Å²) in [6, 6.07) is -0.131. The van der Waals surface area contributed by atoms with E-state index in [1.165, 1.54) is 21.7 Å². The summed E-state index contributed by atoms with van der Waals surface area (Å²) in [4.78, 5) is 0. The summed E-state index contributed by atoms with van der Waals surface area (Å²) in [6.07, 6.45) is 6.79. The molecular weight excluding hydrogens is 315 g/mol. The molecular formula is C12H27N2O3PS2. The van der Waals surface area contributed by atoms with Gasteiger partial charge in [-0.3, -0.25) is 4.57 Å². The van der Waals surface area contributed by atoms with Crippen molar-refractivity contribution in [3.8, 4) is 0 Å². The first kappa shape index (κ1) is 18.5. The maximum Gasteiger partial charge on any atom is 0.282 e. The molecule has 0 aromatic rings. The third kappa shape index (κ3) is 4.73. The van der Waals surface area contributed by atoms with E-state index in [9.17, 15) is 13.0 Å². The first-order valence-corrected chi connectivity index (χ1v) is 12.2. The minimum atomic E-state index is -3.50. The minimum Gasteiger partial charge on any atom is -0.276 e. The first-order valence-electron chi connectivity index (χ1n) is 7.22. The van der Waals surface area contributed by atoms with Gasteiger partial charge in [0.2, 0.25) is 10.0 Å². The second kappa shape index (κ2) is 7.63. The molecule has 20 heavy (non-hydrogen) atoms. The van der Waals surface area contributed by atoms with E-state index < -0.39 is 16.7 Å². The highest BCUT2D eigenvalue weighted by Crippen LogP contribution is 2.62. The molecule has 2 atom stereocenters. The Morgan fingerprint density at radius 3 is 2.30 bits per heavy atom. The predicted octanol–water partition coefficient (Wildman–Crippen LogP) is 3.44. The van der Waals surface area contributed by atoms with E-state index in [0.717, 1.165) is 38.5 Å². The van der Waals surface area contributed by atoms with Gasteiger partial charge in [-0.05, 0) is 26.3 Å². The Labute approximate surface area is 127 Å². The van der Waals surface area contributed by atoms with Crippen molar-refractivity contribution in [1.82, 2.24) is 9.16 Å². The zero-order valence-corrected chi connectivity index (χ0v) is 15.4. The second-order valence-corrected chi connectivity index (χ2v) is 12.6. The standard InChI is InChI=1S/C12H27N2O3PS2/c1-5-11(2)19-18(15,13-3)14(20(4,16)17)12-9-7-6-8-10-12/h11-12H,5-10H2,1-4H3,(H,13,15). The Kier molecular flexibility index (Phi) is 7.06. The van der Waals surface area contributed by atoms with Crippen molar-refractivity contribution in [2.75, 3.05) is 13.3 Å². The predicted molar refractivity (Wildman–Crippen MR) is 87.6 cm³/mol. The molecule has 5 nitrogen and oxygen atoms in total. The molecule has 1 saturated carbocycles. The topological polar surface area (TPSA) is 66.5 Å². The zero-order valence-electron chi connectivity index (χ0n) is 12.8. The van der Waals surface area contributed by atoms with Crippen LogP contribution < -0.4 is 5.09 Å². The van der Waals surface area contributed by atoms with Crippen molar-refractivity contribution in [2.24, 2.45) is 0 Å². The van der Waals surface area contributed by atoms with Crippen LogP contribution in [0.4, 0.5) is 0 Å². The van der Waals surface area contributed by atoms with E-state index in [1.807, 2.05) is 13.8 Å². The Hall–Kier alpha value is 0.450. The van der Waals surface area contributed by atoms with Gasteiger partial charge in [0.1, 0.15) is 0 Å². The fourth-order valence-corrected chi connectivity index (χ4v) is 11.1. The molecule has 0 aromatic heterocycles. The summed E-state index contributed by atoms with van der Waals surface area (Å²) < 4.78 is 38.9. The van der Waals surface area contributed by atoms with Gasteiger partial charge in [-0.25, -0.2) is 13.5 Å². The van der Waals surface area contributed by atoms with Crippen LogP contribution in [0.15, 0.2) is 0 Å². The molecule has 0 heterocycles. The number of rotatable bonds is 7. The van der Waals surface area contributed by atoms with Gasteiger partial charge in [0, 0.05) is 11.3 Å². The molecule has 0 aromatic carbocycles. The van der Waals surface area contributed by atoms with E-state index >= 15 is 0 Å². The maximum atomic E-state index is 13.2. The van der Waals surface area contributed by atoms with Gasteiger partial charge in [-0.2, -0.15) is 0 Å². The summed E-state index contributed by atoms with van der Waals surface area (Å²) in [5.74, 6) is 0. The smallest absolute Gasteiger partial charge is 0.276 e. The summed E-state index contributed by atoms with van der Waals surface area (Å²) in [6.45, 7) is 0.838. The zero-order chi connectivity index (χ0) is 15.4. The van der Waals surface area contributed by atoms with Crippen molar-refractivity contribution in [1.29, 1.82) is 0 Å². The molecule has 8 heteroatoms. The molecule has 0 spiro atoms. The van der Waals surface area contributed by atoms with Gasteiger partial charge < -0.3 is 0 Å². The third-order valence-electron chi connectivity index (χ3n) is 3.67. The van der Waals surface area contributed by atoms with Gasteiger partial charge in [0.15, 0.2) is 0 Å². The van der Waals surface area contributed by atoms with E-state index in [2.05, 4.69) is 5.09 Å². The summed E-state index contributed by atoms with van der Waals surface area (Å²) in [7, 11) is -1.91. The molecule has 1 aliphatic rings. The quantitative estimate of drug-likeness (QED) is 0.718. The molecule has 1 N–H and O–H groups in total. The van der Waals surface area contributed by atoms with Crippen LogP contribution in [0.3, 0.4) is 0 Å². The van der Waals surface area contributed by atoms with Crippen molar-refractivity contribution in [3.05, 3.63) is 0 Å². The molecule has 1 fully saturated rings. The molecule has 0 radical (unpaired) electrons. The lowest BCUT2D eigenvalue weighted by Crippen LogP contribution is -2.40. The van der Waals surface area contributed by atoms with Crippen LogP contribution in [0, 0.1) is 0 Å². The highest BCUT2D eigenvalue weighted by atomic mass is 32.7. The van der Waals surface area contributed by atoms with Crippen molar-refractivity contribution >= 4 is 28.1 Å². The van der Waals surface area contributed by atoms with Gasteiger partial charge in [0.25, 0.3) is 6.65 Å². The average Bonchev–Trinajstić information content (AvgIpc) is 2.38. The molecule has 0 aliphatic heterocycles. The van der Waals surface area contributed by atoms with Crippen LogP contribution in [-0.2, 0) is 14.6 Å². The number of hydrogen-bond acceptors (Lipinski definition) is 4. The lowest BCUT2D eigenvalue weighted by Gasteiger charge is -2.37. The first-order chi connectivity index (χ1) is 9.24. The third-order valence-corrected chi connectivity index (χ3v) is 11.9. The van der Waals surface area contributed by atoms with Gasteiger partial charge in [0.05, 0.1) is 6.26 Å². The fraction of sp³-hybridized carbons (Fsp3) is 1.00. The number of sulfonamides is 1. The lowest BCUT2D eigenvalue weighted by atomic mass is 9.96. The van der Waals surface area contributed by atoms with Crippen LogP contribution in [-0.4, -0.2) is 37.1 Å². The SMILES string of the molecule is CCC(C)SP(=O)(NC)N(C1CCCCC1)S(C)(=O)=O. The summed E-state index contributed by atoms with van der Waals surface area (Å²) in [5.41, 5.74) is 0. The van der Waals surface area contributed by atoms with Gasteiger partial charge in [-0.15, -0.1) is 4.08 Å². The van der Waals surface area contributed by atoms with E-state index in [1.54, 1.807) is 7.05 Å². The van der Waals surface area contributed by atoms with Crippen molar-refractivity contribution in [2.45, 2.75) is 63.7 Å². The Morgan fingerprint density at radius 2 is 1.90 bits per heavy atom. The fourth-order valence-electron chi connectivity index (χ4n) is 2.50. The molecule has 0 bridgehead atoms. The van der Waals surface area contributed by atoms with Crippen LogP contribution in [0.2, 0.25) is 0 Å². The van der Waals surface area contributed by atoms with Crippen LogP contribution in [0.5, 0.6) is 0 Å². The highest BCUT2D eigenvalue weighted by Gasteiger charge is 2.42. The Morgan fingerprint density at radius 1 is 1.35 bits per heavy atom. The van der Waals surface area contributed by atoms with E-state index in [0.29, 0.717) is 0 Å². The highest BCUT2D eigenvalue weighted by molar-refractivity contribution is 8.58. The van der Waals surface area contributed by atoms with Crippen LogP contribution in [0.1, 0.15) is 52.4 Å². The maximum absolute atomic E-state index is 13.2. The Balaban J connectivity index is 3.09. The van der Waals surface area contributed by atoms with Crippen LogP contribution >= 0.6 is 18.0 Å². The van der Waals surface area contributed by atoms with Crippen molar-refractivity contribution < 1.29 is 13.0 Å². The van der Waals surface area contributed by atoms with Crippen LogP contribution in [0.25, 0.3) is 0 Å². The minimum absolute atomic E-state index is 0.131. The largest absolute Gasteiger partial charge is 0.282 e. The van der Waals surface area contributed by atoms with Crippen molar-refractivity contribution in [3.63, 3.8) is 0 Å². The molecule has 1 rings (SSSR count). The molecule has 120 valence electrons.